The number of benzene rings is 4. The van der Waals surface area contributed by atoms with E-state index in [1.165, 1.54) is 13.2 Å². The van der Waals surface area contributed by atoms with Crippen molar-refractivity contribution in [3.8, 4) is 6.01 Å². The number of nitrogens with one attached hydrogen (secondary N) is 2. The fourth-order valence-corrected chi connectivity index (χ4v) is 5.69. The maximum absolute atomic E-state index is 12.4. The number of rotatable bonds is 13. The summed E-state index contributed by atoms with van der Waals surface area (Å²) in [7, 11) is -3.13. The lowest BCUT2D eigenvalue weighted by molar-refractivity contribution is 0.270. The van der Waals surface area contributed by atoms with Gasteiger partial charge in [0, 0.05) is 24.2 Å². The topological polar surface area (TPSA) is 185 Å². The molecule has 0 unspecified atom stereocenters. The van der Waals surface area contributed by atoms with E-state index in [9.17, 15) is 18.1 Å². The van der Waals surface area contributed by atoms with Gasteiger partial charge in [0.1, 0.15) is 23.2 Å². The molecule has 0 spiro atoms. The third-order valence-corrected chi connectivity index (χ3v) is 8.20. The van der Waals surface area contributed by atoms with Crippen molar-refractivity contribution in [2.45, 2.75) is 24.3 Å². The van der Waals surface area contributed by atoms with Gasteiger partial charge in [0.05, 0.1) is 7.11 Å². The number of anilines is 4. The van der Waals surface area contributed by atoms with Crippen molar-refractivity contribution in [2.75, 3.05) is 17.7 Å². The predicted molar refractivity (Wildman–Crippen MR) is 189 cm³/mol. The van der Waals surface area contributed by atoms with Crippen LogP contribution in [-0.2, 0) is 29.6 Å². The van der Waals surface area contributed by atoms with Gasteiger partial charge in [-0.05, 0) is 52.6 Å². The molecule has 2 aromatic heterocycles. The van der Waals surface area contributed by atoms with Crippen molar-refractivity contribution in [2.24, 2.45) is 0 Å². The van der Waals surface area contributed by atoms with E-state index in [1.807, 2.05) is 84.9 Å². The van der Waals surface area contributed by atoms with E-state index in [4.69, 9.17) is 4.74 Å². The molecule has 0 saturated carbocycles. The first kappa shape index (κ1) is 33.8. The van der Waals surface area contributed by atoms with Crippen LogP contribution in [0, 0.1) is 0 Å². The quantitative estimate of drug-likeness (QED) is 0.0863. The lowest BCUT2D eigenvalue weighted by Gasteiger charge is -2.10. The molecular formula is C36H32N8O5S. The van der Waals surface area contributed by atoms with Gasteiger partial charge in [0.2, 0.25) is 11.9 Å². The Labute approximate surface area is 288 Å². The van der Waals surface area contributed by atoms with Gasteiger partial charge < -0.3 is 20.5 Å². The summed E-state index contributed by atoms with van der Waals surface area (Å²) in [6.45, 7) is -0.325. The lowest BCUT2D eigenvalue weighted by Crippen LogP contribution is -2.08. The van der Waals surface area contributed by atoms with Gasteiger partial charge in [-0.1, -0.05) is 84.9 Å². The van der Waals surface area contributed by atoms with E-state index in [-0.39, 0.29) is 35.7 Å². The first-order chi connectivity index (χ1) is 24.2. The van der Waals surface area contributed by atoms with Crippen LogP contribution in [0.3, 0.4) is 0 Å². The number of ether oxygens (including phenoxy) is 1. The van der Waals surface area contributed by atoms with Crippen LogP contribution in [0.1, 0.15) is 39.7 Å². The number of aliphatic hydroxyl groups excluding tert-OH is 1. The Morgan fingerprint density at radius 3 is 1.92 bits per heavy atom. The fraction of sp³-hybridized carbons (Fsp3) is 0.111. The molecular weight excluding hydrogens is 657 g/mol. The molecule has 0 aliphatic carbocycles. The molecule has 50 heavy (non-hydrogen) atoms. The Kier molecular flexibility index (Phi) is 10.4. The Bertz CT molecular complexity index is 2220. The minimum atomic E-state index is -4.57. The number of nitrogens with zero attached hydrogens (tertiary/aromatic N) is 6. The second kappa shape index (κ2) is 15.4. The average Bonchev–Trinajstić information content (AvgIpc) is 3.12. The summed E-state index contributed by atoms with van der Waals surface area (Å²) >= 11 is 0. The van der Waals surface area contributed by atoms with Gasteiger partial charge >= 0.3 is 6.01 Å². The van der Waals surface area contributed by atoms with Gasteiger partial charge in [-0.15, -0.1) is 0 Å². The molecule has 0 saturated heterocycles. The molecule has 14 heteroatoms. The largest absolute Gasteiger partial charge is 0.467 e. The zero-order valence-electron chi connectivity index (χ0n) is 26.8. The SMILES string of the molecule is COc1nc(Cc2ccc(/C=C/c3ccc(Nc4nc(CO)nc(Cc5ccccc5)n4)cc3)c(S(=O)(=O)O)c2)nc(Nc2ccccc2)n1. The first-order valence-electron chi connectivity index (χ1n) is 15.4. The van der Waals surface area contributed by atoms with Gasteiger partial charge in [-0.25, -0.2) is 4.98 Å². The van der Waals surface area contributed by atoms with Crippen molar-refractivity contribution >= 4 is 45.5 Å². The summed E-state index contributed by atoms with van der Waals surface area (Å²) in [6, 6.07) is 31.3. The van der Waals surface area contributed by atoms with Crippen molar-refractivity contribution in [1.82, 2.24) is 29.9 Å². The van der Waals surface area contributed by atoms with Gasteiger partial charge in [0.15, 0.2) is 5.82 Å². The molecule has 0 amide bonds. The Balaban J connectivity index is 1.17. The molecule has 0 aliphatic rings. The van der Waals surface area contributed by atoms with Crippen molar-refractivity contribution < 1.29 is 22.8 Å². The second-order valence-electron chi connectivity index (χ2n) is 11.0. The van der Waals surface area contributed by atoms with Crippen molar-refractivity contribution in [1.29, 1.82) is 0 Å². The smallest absolute Gasteiger partial charge is 0.321 e. The van der Waals surface area contributed by atoms with Crippen LogP contribution >= 0.6 is 0 Å². The molecule has 2 heterocycles. The molecule has 6 rings (SSSR count). The number of aromatic nitrogens is 6. The highest BCUT2D eigenvalue weighted by atomic mass is 32.2. The summed E-state index contributed by atoms with van der Waals surface area (Å²) in [6.07, 6.45) is 3.98. The number of para-hydroxylation sites is 1. The maximum atomic E-state index is 12.4. The molecule has 252 valence electrons. The molecule has 4 N–H and O–H groups in total. The molecule has 6 aromatic rings. The summed E-state index contributed by atoms with van der Waals surface area (Å²) in [5.41, 5.74) is 4.13. The van der Waals surface area contributed by atoms with Gasteiger partial charge in [-0.3, -0.25) is 4.55 Å². The number of methoxy groups -OCH3 is 1. The minimum absolute atomic E-state index is 0.0974. The van der Waals surface area contributed by atoms with Crippen LogP contribution in [0.2, 0.25) is 0 Å². The molecule has 0 radical (unpaired) electrons. The van der Waals surface area contributed by atoms with Crippen LogP contribution < -0.4 is 15.4 Å². The van der Waals surface area contributed by atoms with Crippen LogP contribution in [0.5, 0.6) is 6.01 Å². The van der Waals surface area contributed by atoms with Crippen LogP contribution in [0.15, 0.2) is 108 Å². The highest BCUT2D eigenvalue weighted by Crippen LogP contribution is 2.24. The second-order valence-corrected chi connectivity index (χ2v) is 12.4. The summed E-state index contributed by atoms with van der Waals surface area (Å²) in [5.74, 6) is 1.69. The molecule has 0 aliphatic heterocycles. The third-order valence-electron chi connectivity index (χ3n) is 7.29. The normalized spacial score (nSPS) is 11.4. The minimum Gasteiger partial charge on any atom is -0.467 e. The van der Waals surface area contributed by atoms with E-state index in [2.05, 4.69) is 40.5 Å². The average molecular weight is 689 g/mol. The van der Waals surface area contributed by atoms with E-state index >= 15 is 0 Å². The summed E-state index contributed by atoms with van der Waals surface area (Å²) in [5, 5.41) is 15.9. The van der Waals surface area contributed by atoms with Crippen LogP contribution in [0.25, 0.3) is 12.2 Å². The van der Waals surface area contributed by atoms with E-state index in [0.717, 1.165) is 16.8 Å². The predicted octanol–water partition coefficient (Wildman–Crippen LogP) is 5.64. The summed E-state index contributed by atoms with van der Waals surface area (Å²) < 4.78 is 40.2. The highest BCUT2D eigenvalue weighted by Gasteiger charge is 2.17. The first-order valence-corrected chi connectivity index (χ1v) is 16.8. The van der Waals surface area contributed by atoms with Gasteiger partial charge in [-0.2, -0.15) is 33.3 Å². The fourth-order valence-electron chi connectivity index (χ4n) is 4.95. The Hall–Kier alpha value is -6.09. The van der Waals surface area contributed by atoms with Crippen molar-refractivity contribution in [3.63, 3.8) is 0 Å². The monoisotopic (exact) mass is 688 g/mol. The van der Waals surface area contributed by atoms with Gasteiger partial charge in [0.25, 0.3) is 10.1 Å². The third kappa shape index (κ3) is 9.08. The lowest BCUT2D eigenvalue weighted by atomic mass is 10.1. The van der Waals surface area contributed by atoms with E-state index in [1.54, 1.807) is 24.3 Å². The van der Waals surface area contributed by atoms with Crippen molar-refractivity contribution in [3.05, 3.63) is 143 Å². The maximum Gasteiger partial charge on any atom is 0.321 e. The standard InChI is InChI=1S/C36H32N8O5S/c1-49-36-43-32(41-35(44-36)37-28-10-6-3-7-11-28)22-26-13-17-27(30(20-26)50(46,47)48)16-12-24-14-18-29(19-15-24)38-34-40-31(39-33(23-45)42-34)21-25-8-4-2-5-9-25/h2-20,45H,21-23H2,1H3,(H,46,47,48)(H,37,41,43,44)(H,38,39,40,42)/b16-12+. The number of hydrogen-bond acceptors (Lipinski definition) is 12. The van der Waals surface area contributed by atoms with E-state index in [0.29, 0.717) is 40.8 Å². The van der Waals surface area contributed by atoms with Crippen LogP contribution in [-0.4, -0.2) is 55.1 Å². The Morgan fingerprint density at radius 2 is 1.26 bits per heavy atom. The molecule has 4 aromatic carbocycles. The molecule has 0 bridgehead atoms. The highest BCUT2D eigenvalue weighted by molar-refractivity contribution is 7.86. The zero-order valence-corrected chi connectivity index (χ0v) is 27.6. The van der Waals surface area contributed by atoms with Crippen LogP contribution in [0.4, 0.5) is 23.3 Å². The van der Waals surface area contributed by atoms with E-state index < -0.39 is 10.1 Å². The zero-order chi connectivity index (χ0) is 34.9. The number of aliphatic hydroxyl groups is 1. The molecule has 13 nitrogen and oxygen atoms in total. The molecule has 0 atom stereocenters. The summed E-state index contributed by atoms with van der Waals surface area (Å²) in [4.78, 5) is 25.9. The Morgan fingerprint density at radius 1 is 0.660 bits per heavy atom. The number of hydrogen-bond donors (Lipinski definition) is 4. The molecule has 0 fully saturated rings.